The Balaban J connectivity index is 2.32. The zero-order chi connectivity index (χ0) is 12.6. The molecule has 2 heterocycles. The van der Waals surface area contributed by atoms with Crippen LogP contribution in [0, 0.1) is 6.92 Å². The van der Waals surface area contributed by atoms with Crippen molar-refractivity contribution >= 4 is 5.82 Å². The molecule has 0 spiro atoms. The Hall–Kier alpha value is -1.05. The van der Waals surface area contributed by atoms with Gasteiger partial charge in [-0.2, -0.15) is 0 Å². The van der Waals surface area contributed by atoms with Crippen LogP contribution < -0.4 is 4.90 Å². The second kappa shape index (κ2) is 4.32. The summed E-state index contributed by atoms with van der Waals surface area (Å²) in [6.45, 7) is 12.4. The maximum Gasteiger partial charge on any atom is 0.131 e. The maximum atomic E-state index is 4.70. The molecule has 0 radical (unpaired) electrons. The van der Waals surface area contributed by atoms with Crippen LogP contribution in [0.2, 0.25) is 0 Å². The molecule has 0 aliphatic carbocycles. The predicted molar refractivity (Wildman–Crippen MR) is 73.7 cm³/mol. The molecule has 2 heteroatoms. The molecule has 1 aromatic heterocycles. The van der Waals surface area contributed by atoms with E-state index in [9.17, 15) is 0 Å². The molecule has 1 unspecified atom stereocenters. The van der Waals surface area contributed by atoms with Crippen LogP contribution in [0.5, 0.6) is 0 Å². The van der Waals surface area contributed by atoms with Gasteiger partial charge in [0.15, 0.2) is 0 Å². The van der Waals surface area contributed by atoms with Crippen molar-refractivity contribution in [3.63, 3.8) is 0 Å². The first-order valence-electron chi connectivity index (χ1n) is 6.63. The van der Waals surface area contributed by atoms with Gasteiger partial charge in [0.1, 0.15) is 5.82 Å². The molecule has 17 heavy (non-hydrogen) atoms. The topological polar surface area (TPSA) is 16.1 Å². The minimum atomic E-state index is 0.187. The zero-order valence-electron chi connectivity index (χ0n) is 11.7. The van der Waals surface area contributed by atoms with Crippen molar-refractivity contribution in [1.29, 1.82) is 0 Å². The van der Waals surface area contributed by atoms with E-state index in [0.29, 0.717) is 6.04 Å². The average molecular weight is 232 g/mol. The Morgan fingerprint density at radius 1 is 1.35 bits per heavy atom. The number of pyridine rings is 1. The van der Waals surface area contributed by atoms with E-state index in [0.717, 1.165) is 6.54 Å². The highest BCUT2D eigenvalue weighted by Crippen LogP contribution is 2.29. The molecule has 0 saturated carbocycles. The molecule has 1 aromatic rings. The summed E-state index contributed by atoms with van der Waals surface area (Å²) in [6.07, 6.45) is 4.64. The van der Waals surface area contributed by atoms with Crippen LogP contribution in [-0.4, -0.2) is 17.6 Å². The molecule has 1 aliphatic heterocycles. The number of aryl methyl sites for hydroxylation is 1. The third-order valence-electron chi connectivity index (χ3n) is 3.74. The summed E-state index contributed by atoms with van der Waals surface area (Å²) < 4.78 is 0. The normalized spacial score (nSPS) is 21.0. The Bertz CT molecular complexity index is 404. The fourth-order valence-corrected chi connectivity index (χ4v) is 2.53. The van der Waals surface area contributed by atoms with E-state index in [-0.39, 0.29) is 5.41 Å². The summed E-state index contributed by atoms with van der Waals surface area (Å²) in [7, 11) is 0. The molecule has 1 fully saturated rings. The number of anilines is 1. The lowest BCUT2D eigenvalue weighted by atomic mass is 9.87. The highest BCUT2D eigenvalue weighted by molar-refractivity contribution is 5.49. The van der Waals surface area contributed by atoms with E-state index in [1.54, 1.807) is 0 Å². The lowest BCUT2D eigenvalue weighted by Crippen LogP contribution is -2.28. The number of rotatable bonds is 1. The molecule has 1 atom stereocenters. The van der Waals surface area contributed by atoms with E-state index in [2.05, 4.69) is 45.6 Å². The monoisotopic (exact) mass is 232 g/mol. The molecular formula is C15H24N2. The van der Waals surface area contributed by atoms with E-state index < -0.39 is 0 Å². The minimum Gasteiger partial charge on any atom is -0.354 e. The Morgan fingerprint density at radius 3 is 2.53 bits per heavy atom. The van der Waals surface area contributed by atoms with Gasteiger partial charge in [0, 0.05) is 18.8 Å². The van der Waals surface area contributed by atoms with Crippen LogP contribution in [0.15, 0.2) is 12.3 Å². The maximum absolute atomic E-state index is 4.70. The fraction of sp³-hybridized carbons (Fsp3) is 0.667. The molecule has 2 rings (SSSR count). The number of hydrogen-bond acceptors (Lipinski definition) is 2. The predicted octanol–water partition coefficient (Wildman–Crippen LogP) is 3.68. The van der Waals surface area contributed by atoms with Crippen LogP contribution >= 0.6 is 0 Å². The Kier molecular flexibility index (Phi) is 3.15. The standard InChI is InChI=1S/C15H24N2/c1-11-9-13(15(3,4)5)10-16-14(11)17-8-6-7-12(17)2/h9-10,12H,6-8H2,1-5H3. The third kappa shape index (κ3) is 2.46. The molecule has 94 valence electrons. The molecule has 1 aliphatic rings. The second-order valence-electron chi connectivity index (χ2n) is 6.30. The van der Waals surface area contributed by atoms with Crippen LogP contribution in [0.25, 0.3) is 0 Å². The molecule has 1 saturated heterocycles. The van der Waals surface area contributed by atoms with Crippen molar-refractivity contribution < 1.29 is 0 Å². The Labute approximate surface area is 105 Å². The van der Waals surface area contributed by atoms with Gasteiger partial charge in [-0.3, -0.25) is 0 Å². The first-order valence-corrected chi connectivity index (χ1v) is 6.63. The van der Waals surface area contributed by atoms with Gasteiger partial charge in [-0.25, -0.2) is 4.98 Å². The van der Waals surface area contributed by atoms with Gasteiger partial charge >= 0.3 is 0 Å². The SMILES string of the molecule is Cc1cc(C(C)(C)C)cnc1N1CCCC1C. The van der Waals surface area contributed by atoms with Crippen molar-refractivity contribution in [2.24, 2.45) is 0 Å². The fourth-order valence-electron chi connectivity index (χ4n) is 2.53. The summed E-state index contributed by atoms with van der Waals surface area (Å²) in [5.41, 5.74) is 2.82. The van der Waals surface area contributed by atoms with Gasteiger partial charge in [0.25, 0.3) is 0 Å². The van der Waals surface area contributed by atoms with Crippen LogP contribution in [0.3, 0.4) is 0 Å². The van der Waals surface area contributed by atoms with Gasteiger partial charge in [0.2, 0.25) is 0 Å². The minimum absolute atomic E-state index is 0.187. The lowest BCUT2D eigenvalue weighted by Gasteiger charge is -2.26. The first-order chi connectivity index (χ1) is 7.89. The zero-order valence-corrected chi connectivity index (χ0v) is 11.7. The van der Waals surface area contributed by atoms with Crippen molar-refractivity contribution in [3.8, 4) is 0 Å². The van der Waals surface area contributed by atoms with E-state index in [4.69, 9.17) is 4.98 Å². The van der Waals surface area contributed by atoms with Gasteiger partial charge in [-0.15, -0.1) is 0 Å². The molecule has 0 amide bonds. The summed E-state index contributed by atoms with van der Waals surface area (Å²) in [4.78, 5) is 7.15. The van der Waals surface area contributed by atoms with Crippen LogP contribution in [0.4, 0.5) is 5.82 Å². The molecule has 0 aromatic carbocycles. The molecule has 2 nitrogen and oxygen atoms in total. The van der Waals surface area contributed by atoms with Crippen molar-refractivity contribution in [2.75, 3.05) is 11.4 Å². The second-order valence-corrected chi connectivity index (χ2v) is 6.30. The van der Waals surface area contributed by atoms with Crippen molar-refractivity contribution in [3.05, 3.63) is 23.4 Å². The Morgan fingerprint density at radius 2 is 2.06 bits per heavy atom. The molecule has 0 bridgehead atoms. The molecular weight excluding hydrogens is 208 g/mol. The smallest absolute Gasteiger partial charge is 0.131 e. The van der Waals surface area contributed by atoms with Gasteiger partial charge in [0.05, 0.1) is 0 Å². The third-order valence-corrected chi connectivity index (χ3v) is 3.74. The summed E-state index contributed by atoms with van der Waals surface area (Å²) in [6, 6.07) is 2.94. The van der Waals surface area contributed by atoms with E-state index in [1.807, 2.05) is 6.20 Å². The van der Waals surface area contributed by atoms with Gasteiger partial charge in [-0.05, 0) is 43.2 Å². The largest absolute Gasteiger partial charge is 0.354 e. The number of nitrogens with zero attached hydrogens (tertiary/aromatic N) is 2. The van der Waals surface area contributed by atoms with Gasteiger partial charge in [-0.1, -0.05) is 26.8 Å². The summed E-state index contributed by atoms with van der Waals surface area (Å²) >= 11 is 0. The number of aromatic nitrogens is 1. The average Bonchev–Trinajstić information content (AvgIpc) is 2.63. The summed E-state index contributed by atoms with van der Waals surface area (Å²) in [5.74, 6) is 1.18. The van der Waals surface area contributed by atoms with Crippen LogP contribution in [0.1, 0.15) is 51.7 Å². The van der Waals surface area contributed by atoms with E-state index in [1.165, 1.54) is 29.8 Å². The van der Waals surface area contributed by atoms with Gasteiger partial charge < -0.3 is 4.90 Å². The highest BCUT2D eigenvalue weighted by Gasteiger charge is 2.24. The quantitative estimate of drug-likeness (QED) is 0.734. The lowest BCUT2D eigenvalue weighted by molar-refractivity contribution is 0.586. The number of hydrogen-bond donors (Lipinski definition) is 0. The first kappa shape index (κ1) is 12.4. The van der Waals surface area contributed by atoms with Crippen molar-refractivity contribution in [2.45, 2.75) is 58.9 Å². The summed E-state index contributed by atoms with van der Waals surface area (Å²) in [5, 5.41) is 0. The van der Waals surface area contributed by atoms with Crippen LogP contribution in [-0.2, 0) is 5.41 Å². The molecule has 0 N–H and O–H groups in total. The van der Waals surface area contributed by atoms with Crippen molar-refractivity contribution in [1.82, 2.24) is 4.98 Å². The van der Waals surface area contributed by atoms with E-state index >= 15 is 0 Å². The highest BCUT2D eigenvalue weighted by atomic mass is 15.2.